The third kappa shape index (κ3) is 4.28. The standard InChI is InChI=1S/C14H19NO4/c1-8(2)6-12(14(18)19)15-13(17)11-5-4-10(16)7-9(11)3/h4-5,7-8,12,16H,6H2,1-3H3,(H,15,17)(H,18,19). The van der Waals surface area contributed by atoms with Gasteiger partial charge >= 0.3 is 5.97 Å². The molecule has 0 aliphatic carbocycles. The number of carboxylic acid groups (broad SMARTS) is 1. The maximum atomic E-state index is 12.0. The Morgan fingerprint density at radius 2 is 1.95 bits per heavy atom. The third-order valence-electron chi connectivity index (χ3n) is 2.77. The van der Waals surface area contributed by atoms with E-state index < -0.39 is 17.9 Å². The number of phenolic OH excluding ortho intramolecular Hbond substituents is 1. The highest BCUT2D eigenvalue weighted by atomic mass is 16.4. The number of carbonyl (C=O) groups excluding carboxylic acids is 1. The highest BCUT2D eigenvalue weighted by Crippen LogP contribution is 2.16. The summed E-state index contributed by atoms with van der Waals surface area (Å²) in [4.78, 5) is 23.1. The second-order valence-corrected chi connectivity index (χ2v) is 4.99. The Morgan fingerprint density at radius 3 is 2.42 bits per heavy atom. The molecule has 1 atom stereocenters. The molecule has 0 aromatic heterocycles. The minimum atomic E-state index is -1.04. The second kappa shape index (κ2) is 6.22. The summed E-state index contributed by atoms with van der Waals surface area (Å²) in [5, 5.41) is 20.9. The zero-order chi connectivity index (χ0) is 14.6. The van der Waals surface area contributed by atoms with Crippen molar-refractivity contribution in [2.75, 3.05) is 0 Å². The third-order valence-corrected chi connectivity index (χ3v) is 2.77. The van der Waals surface area contributed by atoms with E-state index in [1.807, 2.05) is 13.8 Å². The van der Waals surface area contributed by atoms with E-state index in [0.717, 1.165) is 0 Å². The molecule has 0 aliphatic heterocycles. The highest BCUT2D eigenvalue weighted by molar-refractivity contribution is 5.97. The smallest absolute Gasteiger partial charge is 0.326 e. The van der Waals surface area contributed by atoms with Crippen molar-refractivity contribution in [2.24, 2.45) is 5.92 Å². The number of rotatable bonds is 5. The maximum Gasteiger partial charge on any atom is 0.326 e. The molecule has 0 bridgehead atoms. The van der Waals surface area contributed by atoms with Crippen LogP contribution in [0.25, 0.3) is 0 Å². The minimum absolute atomic E-state index is 0.0750. The Hall–Kier alpha value is -2.04. The zero-order valence-corrected chi connectivity index (χ0v) is 11.3. The van der Waals surface area contributed by atoms with E-state index in [2.05, 4.69) is 5.32 Å². The van der Waals surface area contributed by atoms with E-state index in [4.69, 9.17) is 5.11 Å². The number of carboxylic acids is 1. The maximum absolute atomic E-state index is 12.0. The number of phenols is 1. The van der Waals surface area contributed by atoms with Crippen molar-refractivity contribution in [3.8, 4) is 5.75 Å². The Balaban J connectivity index is 2.84. The first-order valence-corrected chi connectivity index (χ1v) is 6.14. The molecule has 3 N–H and O–H groups in total. The van der Waals surface area contributed by atoms with Crippen LogP contribution in [0.1, 0.15) is 36.2 Å². The van der Waals surface area contributed by atoms with Crippen molar-refractivity contribution in [3.63, 3.8) is 0 Å². The van der Waals surface area contributed by atoms with Gasteiger partial charge in [0.1, 0.15) is 11.8 Å². The number of nitrogens with one attached hydrogen (secondary N) is 1. The van der Waals surface area contributed by atoms with Crippen LogP contribution in [-0.2, 0) is 4.79 Å². The summed E-state index contributed by atoms with van der Waals surface area (Å²) in [7, 11) is 0. The first kappa shape index (κ1) is 15.0. The summed E-state index contributed by atoms with van der Waals surface area (Å²) in [6.07, 6.45) is 0.373. The predicted molar refractivity (Wildman–Crippen MR) is 71.2 cm³/mol. The summed E-state index contributed by atoms with van der Waals surface area (Å²) in [5.41, 5.74) is 0.971. The molecule has 0 heterocycles. The van der Waals surface area contributed by atoms with Gasteiger partial charge in [0, 0.05) is 5.56 Å². The van der Waals surface area contributed by atoms with Gasteiger partial charge in [-0.15, -0.1) is 0 Å². The van der Waals surface area contributed by atoms with Crippen molar-refractivity contribution in [2.45, 2.75) is 33.2 Å². The van der Waals surface area contributed by atoms with Gasteiger partial charge in [0.05, 0.1) is 0 Å². The van der Waals surface area contributed by atoms with Crippen LogP contribution in [0.15, 0.2) is 18.2 Å². The lowest BCUT2D eigenvalue weighted by molar-refractivity contribution is -0.139. The van der Waals surface area contributed by atoms with Gasteiger partial charge in [-0.05, 0) is 43.0 Å². The molecular formula is C14H19NO4. The van der Waals surface area contributed by atoms with E-state index in [1.165, 1.54) is 18.2 Å². The van der Waals surface area contributed by atoms with E-state index in [-0.39, 0.29) is 11.7 Å². The van der Waals surface area contributed by atoms with Gasteiger partial charge in [-0.3, -0.25) is 4.79 Å². The second-order valence-electron chi connectivity index (χ2n) is 4.99. The minimum Gasteiger partial charge on any atom is -0.508 e. The molecule has 0 saturated carbocycles. The molecular weight excluding hydrogens is 246 g/mol. The van der Waals surface area contributed by atoms with E-state index in [1.54, 1.807) is 6.92 Å². The van der Waals surface area contributed by atoms with Gasteiger partial charge in [-0.2, -0.15) is 0 Å². The first-order valence-electron chi connectivity index (χ1n) is 6.14. The summed E-state index contributed by atoms with van der Waals surface area (Å²) in [6, 6.07) is 3.45. The predicted octanol–water partition coefficient (Wildman–Crippen LogP) is 1.93. The van der Waals surface area contributed by atoms with Gasteiger partial charge in [0.25, 0.3) is 5.91 Å². The molecule has 1 amide bonds. The summed E-state index contributed by atoms with van der Waals surface area (Å²) in [5.74, 6) is -1.24. The number of aryl methyl sites for hydroxylation is 1. The van der Waals surface area contributed by atoms with Crippen molar-refractivity contribution < 1.29 is 19.8 Å². The normalized spacial score (nSPS) is 12.2. The van der Waals surface area contributed by atoms with Crippen LogP contribution in [-0.4, -0.2) is 28.1 Å². The fraction of sp³-hybridized carbons (Fsp3) is 0.429. The number of hydrogen-bond donors (Lipinski definition) is 3. The SMILES string of the molecule is Cc1cc(O)ccc1C(=O)NC(CC(C)C)C(=O)O. The molecule has 1 aromatic carbocycles. The lowest BCUT2D eigenvalue weighted by atomic mass is 10.0. The molecule has 0 radical (unpaired) electrons. The molecule has 0 saturated heterocycles. The van der Waals surface area contributed by atoms with Gasteiger partial charge in [-0.25, -0.2) is 4.79 Å². The lowest BCUT2D eigenvalue weighted by Gasteiger charge is -2.17. The highest BCUT2D eigenvalue weighted by Gasteiger charge is 2.22. The zero-order valence-electron chi connectivity index (χ0n) is 11.3. The number of benzene rings is 1. The number of aromatic hydroxyl groups is 1. The summed E-state index contributed by atoms with van der Waals surface area (Å²) >= 11 is 0. The summed E-state index contributed by atoms with van der Waals surface area (Å²) < 4.78 is 0. The lowest BCUT2D eigenvalue weighted by Crippen LogP contribution is -2.41. The van der Waals surface area contributed by atoms with Crippen LogP contribution in [0.3, 0.4) is 0 Å². The van der Waals surface area contributed by atoms with Crippen LogP contribution in [0.5, 0.6) is 5.75 Å². The fourth-order valence-corrected chi connectivity index (χ4v) is 1.83. The van der Waals surface area contributed by atoms with E-state index in [0.29, 0.717) is 17.5 Å². The molecule has 0 fully saturated rings. The fourth-order valence-electron chi connectivity index (χ4n) is 1.83. The first-order chi connectivity index (χ1) is 8.81. The molecule has 5 nitrogen and oxygen atoms in total. The molecule has 1 unspecified atom stereocenters. The molecule has 0 aliphatic rings. The Kier molecular flexibility index (Phi) is 4.92. The average molecular weight is 265 g/mol. The number of aliphatic carboxylic acids is 1. The largest absolute Gasteiger partial charge is 0.508 e. The quantitative estimate of drug-likeness (QED) is 0.759. The topological polar surface area (TPSA) is 86.6 Å². The van der Waals surface area contributed by atoms with Crippen LogP contribution in [0.2, 0.25) is 0 Å². The van der Waals surface area contributed by atoms with Crippen molar-refractivity contribution in [1.29, 1.82) is 0 Å². The van der Waals surface area contributed by atoms with Crippen LogP contribution < -0.4 is 5.32 Å². The summed E-state index contributed by atoms with van der Waals surface area (Å²) in [6.45, 7) is 5.48. The molecule has 5 heteroatoms. The molecule has 0 spiro atoms. The van der Waals surface area contributed by atoms with Gasteiger partial charge in [0.2, 0.25) is 0 Å². The Morgan fingerprint density at radius 1 is 1.32 bits per heavy atom. The molecule has 104 valence electrons. The van der Waals surface area contributed by atoms with Gasteiger partial charge in [0.15, 0.2) is 0 Å². The van der Waals surface area contributed by atoms with Crippen LogP contribution in [0, 0.1) is 12.8 Å². The number of carbonyl (C=O) groups is 2. The monoisotopic (exact) mass is 265 g/mol. The van der Waals surface area contributed by atoms with Crippen LogP contribution in [0.4, 0.5) is 0 Å². The molecule has 1 rings (SSSR count). The number of hydrogen-bond acceptors (Lipinski definition) is 3. The van der Waals surface area contributed by atoms with Crippen molar-refractivity contribution in [1.82, 2.24) is 5.32 Å². The Bertz CT molecular complexity index is 482. The molecule has 19 heavy (non-hydrogen) atoms. The number of amides is 1. The van der Waals surface area contributed by atoms with Crippen molar-refractivity contribution >= 4 is 11.9 Å². The van der Waals surface area contributed by atoms with Crippen molar-refractivity contribution in [3.05, 3.63) is 29.3 Å². The average Bonchev–Trinajstić information content (AvgIpc) is 2.26. The van der Waals surface area contributed by atoms with E-state index >= 15 is 0 Å². The van der Waals surface area contributed by atoms with E-state index in [9.17, 15) is 14.7 Å². The molecule has 1 aromatic rings. The Labute approximate surface area is 112 Å². The van der Waals surface area contributed by atoms with Gasteiger partial charge < -0.3 is 15.5 Å². The van der Waals surface area contributed by atoms with Crippen LogP contribution >= 0.6 is 0 Å². The van der Waals surface area contributed by atoms with Gasteiger partial charge in [-0.1, -0.05) is 13.8 Å².